The summed E-state index contributed by atoms with van der Waals surface area (Å²) in [6.45, 7) is 1.13. The minimum atomic E-state index is -4.00. The predicted octanol–water partition coefficient (Wildman–Crippen LogP) is 2.11. The lowest BCUT2D eigenvalue weighted by Crippen LogP contribution is -2.58. The number of rotatable bonds is 5. The van der Waals surface area contributed by atoms with E-state index in [0.717, 1.165) is 16.1 Å². The topological polar surface area (TPSA) is 103 Å². The van der Waals surface area contributed by atoms with Gasteiger partial charge in [-0.3, -0.25) is 9.78 Å². The van der Waals surface area contributed by atoms with Crippen molar-refractivity contribution in [2.24, 2.45) is 0 Å². The number of anilines is 1. The third kappa shape index (κ3) is 4.93. The molecule has 192 valence electrons. The molecule has 1 aromatic carbocycles. The van der Waals surface area contributed by atoms with Crippen molar-refractivity contribution >= 4 is 39.3 Å². The maximum atomic E-state index is 13.9. The number of aromatic nitrogens is 1. The number of halogens is 2. The van der Waals surface area contributed by atoms with Gasteiger partial charge in [-0.05, 0) is 37.1 Å². The minimum Gasteiger partial charge on any atom is -0.487 e. The van der Waals surface area contributed by atoms with E-state index in [-0.39, 0.29) is 54.2 Å². The summed E-state index contributed by atoms with van der Waals surface area (Å²) in [5.41, 5.74) is 0.276. The highest BCUT2D eigenvalue weighted by atomic mass is 35.5. The molecule has 0 unspecified atom stereocenters. The van der Waals surface area contributed by atoms with Crippen molar-refractivity contribution in [1.29, 1.82) is 0 Å². The number of nitrogens with zero attached hydrogens (tertiary/aromatic N) is 4. The molecule has 0 bridgehead atoms. The highest BCUT2D eigenvalue weighted by Gasteiger charge is 2.40. The van der Waals surface area contributed by atoms with Crippen molar-refractivity contribution in [2.75, 3.05) is 50.8 Å². The lowest BCUT2D eigenvalue weighted by molar-refractivity contribution is -0.138. The van der Waals surface area contributed by atoms with Gasteiger partial charge in [0.2, 0.25) is 15.9 Å². The number of benzene rings is 1. The molecule has 2 fully saturated rings. The third-order valence-electron chi connectivity index (χ3n) is 6.90. The summed E-state index contributed by atoms with van der Waals surface area (Å²) in [6.07, 6.45) is 5.79. The van der Waals surface area contributed by atoms with Crippen LogP contribution in [0.1, 0.15) is 18.4 Å². The van der Waals surface area contributed by atoms with Crippen LogP contribution in [-0.4, -0.2) is 85.1 Å². The molecular formula is C24H26ClFN4O5S. The monoisotopic (exact) mass is 536 g/mol. The number of carbonyl (C=O) groups excluding carboxylic acids is 1. The smallest absolute Gasteiger partial charge is 0.243 e. The van der Waals surface area contributed by atoms with E-state index in [9.17, 15) is 22.7 Å². The Kier molecular flexibility index (Phi) is 6.67. The first-order valence-corrected chi connectivity index (χ1v) is 13.4. The quantitative estimate of drug-likeness (QED) is 0.624. The summed E-state index contributed by atoms with van der Waals surface area (Å²) >= 11 is 5.77. The van der Waals surface area contributed by atoms with Crippen LogP contribution in [0.2, 0.25) is 5.02 Å². The van der Waals surface area contributed by atoms with Crippen LogP contribution >= 0.6 is 11.6 Å². The number of carbonyl (C=O) groups is 1. The number of piperazine rings is 1. The molecule has 0 aliphatic carbocycles. The number of sulfonamides is 1. The normalized spacial score (nSPS) is 20.5. The summed E-state index contributed by atoms with van der Waals surface area (Å²) < 4.78 is 46.9. The Morgan fingerprint density at radius 1 is 1.14 bits per heavy atom. The zero-order valence-electron chi connectivity index (χ0n) is 19.4. The van der Waals surface area contributed by atoms with Gasteiger partial charge in [0.15, 0.2) is 0 Å². The zero-order chi connectivity index (χ0) is 25.5. The zero-order valence-corrected chi connectivity index (χ0v) is 21.0. The Labute approximate surface area is 213 Å². The Hall–Kier alpha value is -2.73. The van der Waals surface area contributed by atoms with Gasteiger partial charge in [0.25, 0.3) is 0 Å². The van der Waals surface area contributed by atoms with Crippen LogP contribution in [0.3, 0.4) is 0 Å². The maximum absolute atomic E-state index is 13.9. The van der Waals surface area contributed by atoms with E-state index in [1.807, 2.05) is 12.1 Å². The van der Waals surface area contributed by atoms with Crippen molar-refractivity contribution in [3.63, 3.8) is 0 Å². The van der Waals surface area contributed by atoms with Gasteiger partial charge in [0.1, 0.15) is 18.2 Å². The summed E-state index contributed by atoms with van der Waals surface area (Å²) in [7, 11) is -4.00. The lowest BCUT2D eigenvalue weighted by atomic mass is 9.90. The Balaban J connectivity index is 1.21. The molecule has 2 aromatic rings. The average molecular weight is 537 g/mol. The molecule has 12 heteroatoms. The second-order valence-electron chi connectivity index (χ2n) is 9.27. The fourth-order valence-electron chi connectivity index (χ4n) is 4.77. The number of piperidine rings is 1. The van der Waals surface area contributed by atoms with Crippen LogP contribution in [0.4, 0.5) is 10.1 Å². The molecule has 36 heavy (non-hydrogen) atoms. The molecule has 5 rings (SSSR count). The molecule has 0 saturated carbocycles. The van der Waals surface area contributed by atoms with Gasteiger partial charge in [-0.1, -0.05) is 11.6 Å². The van der Waals surface area contributed by atoms with Crippen molar-refractivity contribution in [2.45, 2.75) is 18.4 Å². The van der Waals surface area contributed by atoms with Crippen LogP contribution in [-0.2, 0) is 14.8 Å². The van der Waals surface area contributed by atoms with E-state index < -0.39 is 21.4 Å². The third-order valence-corrected chi connectivity index (χ3v) is 9.08. The number of hydrogen-bond acceptors (Lipinski definition) is 7. The molecule has 0 atom stereocenters. The number of hydrogen-bond donors (Lipinski definition) is 1. The van der Waals surface area contributed by atoms with Crippen molar-refractivity contribution < 1.29 is 27.4 Å². The van der Waals surface area contributed by atoms with Gasteiger partial charge in [0.05, 0.1) is 22.1 Å². The van der Waals surface area contributed by atoms with Crippen LogP contribution in [0.25, 0.3) is 6.08 Å². The van der Waals surface area contributed by atoms with E-state index in [2.05, 4.69) is 9.88 Å². The molecule has 9 nitrogen and oxygen atoms in total. The van der Waals surface area contributed by atoms with Gasteiger partial charge in [-0.25, -0.2) is 12.8 Å². The fourth-order valence-corrected chi connectivity index (χ4v) is 6.34. The summed E-state index contributed by atoms with van der Waals surface area (Å²) in [5.74, 6) is -0.753. The molecule has 0 spiro atoms. The second kappa shape index (κ2) is 9.62. The number of amides is 1. The first-order valence-electron chi connectivity index (χ1n) is 11.6. The summed E-state index contributed by atoms with van der Waals surface area (Å²) in [4.78, 5) is 20.6. The largest absolute Gasteiger partial charge is 0.487 e. The van der Waals surface area contributed by atoms with Crippen molar-refractivity contribution in [1.82, 2.24) is 14.2 Å². The molecule has 4 heterocycles. The summed E-state index contributed by atoms with van der Waals surface area (Å²) in [6, 6.07) is 6.27. The van der Waals surface area contributed by atoms with Gasteiger partial charge < -0.3 is 19.6 Å². The molecule has 1 aromatic heterocycles. The van der Waals surface area contributed by atoms with E-state index in [4.69, 9.17) is 16.3 Å². The minimum absolute atomic E-state index is 0.0555. The molecule has 3 aliphatic rings. The van der Waals surface area contributed by atoms with Crippen molar-refractivity contribution in [3.05, 3.63) is 58.0 Å². The van der Waals surface area contributed by atoms with Crippen LogP contribution in [0.5, 0.6) is 5.75 Å². The van der Waals surface area contributed by atoms with Gasteiger partial charge >= 0.3 is 0 Å². The van der Waals surface area contributed by atoms with Crippen LogP contribution in [0, 0.1) is 5.82 Å². The number of β-amino-alcohol motifs (C(OH)–C–C–N with tert-alkyl or cyclic N) is 1. The molecule has 2 saturated heterocycles. The first-order chi connectivity index (χ1) is 17.1. The molecular weight excluding hydrogens is 511 g/mol. The fraction of sp³-hybridized carbons (Fsp3) is 0.417. The van der Waals surface area contributed by atoms with E-state index in [1.54, 1.807) is 12.4 Å². The van der Waals surface area contributed by atoms with Gasteiger partial charge in [-0.2, -0.15) is 4.31 Å². The van der Waals surface area contributed by atoms with E-state index in [0.29, 0.717) is 31.7 Å². The second-order valence-corrected chi connectivity index (χ2v) is 11.7. The maximum Gasteiger partial charge on any atom is 0.243 e. The lowest BCUT2D eigenvalue weighted by Gasteiger charge is -2.43. The number of pyridine rings is 1. The number of fused-ring (bicyclic) bond motifs is 1. The standard InChI is InChI=1S/C24H26ClFN4O5S/c25-20-13-22-17(12-21(20)26)11-19(15-35-22)36(33,34)30-10-9-29(23(31)14-30)16-24(32)3-7-28(8-4-24)18-1-5-27-6-2-18/h1-2,5-6,11-13,32H,3-4,7-10,14-16H2. The Bertz CT molecular complexity index is 1300. The highest BCUT2D eigenvalue weighted by molar-refractivity contribution is 7.93. The Morgan fingerprint density at radius 3 is 2.56 bits per heavy atom. The summed E-state index contributed by atoms with van der Waals surface area (Å²) in [5, 5.41) is 11.0. The van der Waals surface area contributed by atoms with Crippen molar-refractivity contribution in [3.8, 4) is 5.75 Å². The van der Waals surface area contributed by atoms with Crippen LogP contribution < -0.4 is 9.64 Å². The Morgan fingerprint density at radius 2 is 1.86 bits per heavy atom. The van der Waals surface area contributed by atoms with E-state index >= 15 is 0 Å². The van der Waals surface area contributed by atoms with E-state index in [1.165, 1.54) is 17.0 Å². The highest BCUT2D eigenvalue weighted by Crippen LogP contribution is 2.34. The number of ether oxygens (including phenoxy) is 1. The average Bonchev–Trinajstić information content (AvgIpc) is 2.86. The van der Waals surface area contributed by atoms with Gasteiger partial charge in [-0.15, -0.1) is 0 Å². The molecule has 1 N–H and O–H groups in total. The van der Waals surface area contributed by atoms with Gasteiger partial charge in [0, 0.05) is 62.4 Å². The van der Waals surface area contributed by atoms with Crippen LogP contribution in [0.15, 0.2) is 41.6 Å². The number of aliphatic hydroxyl groups is 1. The molecule has 0 radical (unpaired) electrons. The first kappa shape index (κ1) is 24.9. The molecule has 3 aliphatic heterocycles. The SMILES string of the molecule is O=C1CN(S(=O)(=O)C2=Cc3cc(F)c(Cl)cc3OC2)CCN1CC1(O)CCN(c2ccncc2)CC1. The predicted molar refractivity (Wildman–Crippen MR) is 133 cm³/mol. The molecule has 1 amide bonds.